The molecule has 5 nitrogen and oxygen atoms in total. The summed E-state index contributed by atoms with van der Waals surface area (Å²) in [5, 5.41) is 6.71. The van der Waals surface area contributed by atoms with Gasteiger partial charge in [0.25, 0.3) is 0 Å². The van der Waals surface area contributed by atoms with Crippen molar-refractivity contribution in [3.63, 3.8) is 0 Å². The molecule has 0 atom stereocenters. The average molecular weight is 496 g/mol. The lowest BCUT2D eigenvalue weighted by Gasteiger charge is -2.13. The topological polar surface area (TPSA) is 48.9 Å². The minimum atomic E-state index is 0. The van der Waals surface area contributed by atoms with Crippen LogP contribution in [0.15, 0.2) is 53.5 Å². The fraction of sp³-hybridized carbons (Fsp3) is 0.409. The molecule has 0 heterocycles. The van der Waals surface area contributed by atoms with Gasteiger partial charge in [-0.25, -0.2) is 4.99 Å². The minimum Gasteiger partial charge on any atom is -0.496 e. The second kappa shape index (κ2) is 13.4. The first kappa shape index (κ1) is 24.2. The van der Waals surface area contributed by atoms with Crippen LogP contribution in [0, 0.1) is 0 Å². The van der Waals surface area contributed by atoms with Gasteiger partial charge in [0.05, 0.1) is 13.7 Å². The highest BCUT2D eigenvalue weighted by atomic mass is 127. The molecular weight excluding hydrogens is 463 g/mol. The maximum Gasteiger partial charge on any atom is 0.191 e. The Labute approximate surface area is 186 Å². The van der Waals surface area contributed by atoms with Gasteiger partial charge in [0, 0.05) is 19.6 Å². The lowest BCUT2D eigenvalue weighted by Crippen LogP contribution is -2.38. The summed E-state index contributed by atoms with van der Waals surface area (Å²) in [6, 6.07) is 16.8. The highest BCUT2D eigenvalue weighted by Crippen LogP contribution is 2.17. The number of aliphatic imine (C=N–C) groups is 1. The summed E-state index contributed by atoms with van der Waals surface area (Å²) >= 11 is 0. The van der Waals surface area contributed by atoms with E-state index in [9.17, 15) is 0 Å². The molecule has 0 saturated heterocycles. The molecule has 0 aromatic heterocycles. The van der Waals surface area contributed by atoms with Gasteiger partial charge >= 0.3 is 0 Å². The second-order valence-corrected chi connectivity index (χ2v) is 6.74. The molecule has 0 radical (unpaired) electrons. The van der Waals surface area contributed by atoms with Gasteiger partial charge in [-0.15, -0.1) is 24.0 Å². The van der Waals surface area contributed by atoms with Crippen molar-refractivity contribution in [1.82, 2.24) is 15.5 Å². The van der Waals surface area contributed by atoms with Gasteiger partial charge in [0.2, 0.25) is 0 Å². The van der Waals surface area contributed by atoms with E-state index in [-0.39, 0.29) is 24.0 Å². The Balaban J connectivity index is 0.00000392. The third kappa shape index (κ3) is 8.48. The van der Waals surface area contributed by atoms with Crippen LogP contribution in [-0.4, -0.2) is 45.2 Å². The van der Waals surface area contributed by atoms with Gasteiger partial charge in [0.1, 0.15) is 5.75 Å². The number of ether oxygens (including phenoxy) is 1. The molecular formula is C22H33IN4O. The van der Waals surface area contributed by atoms with Crippen LogP contribution >= 0.6 is 24.0 Å². The zero-order valence-corrected chi connectivity index (χ0v) is 19.7. The van der Waals surface area contributed by atoms with Crippen LogP contribution in [0.1, 0.15) is 23.6 Å². The highest BCUT2D eigenvalue weighted by molar-refractivity contribution is 14.0. The number of benzene rings is 2. The summed E-state index contributed by atoms with van der Waals surface area (Å²) < 4.78 is 5.41. The van der Waals surface area contributed by atoms with Crippen molar-refractivity contribution in [3.05, 3.63) is 65.2 Å². The van der Waals surface area contributed by atoms with E-state index in [4.69, 9.17) is 9.73 Å². The first-order valence-corrected chi connectivity index (χ1v) is 9.49. The molecule has 0 saturated carbocycles. The molecule has 0 spiro atoms. The standard InChI is InChI=1S/C22H32N4O.HI/c1-5-23-22(24-15-14-20-8-6-7-9-21(20)27-4)25-16-18-10-12-19(13-11-18)17-26(2)3;/h6-13H,5,14-17H2,1-4H3,(H2,23,24,25);1H. The van der Waals surface area contributed by atoms with Crippen LogP contribution in [0.4, 0.5) is 0 Å². The fourth-order valence-electron chi connectivity index (χ4n) is 2.85. The Bertz CT molecular complexity index is 717. The van der Waals surface area contributed by atoms with Gasteiger partial charge in [-0.3, -0.25) is 0 Å². The number of guanidine groups is 1. The molecule has 2 N–H and O–H groups in total. The van der Waals surface area contributed by atoms with Crippen LogP contribution in [0.3, 0.4) is 0 Å². The molecule has 0 bridgehead atoms. The second-order valence-electron chi connectivity index (χ2n) is 6.74. The first-order valence-electron chi connectivity index (χ1n) is 9.49. The van der Waals surface area contributed by atoms with Crippen LogP contribution < -0.4 is 15.4 Å². The molecule has 154 valence electrons. The zero-order chi connectivity index (χ0) is 19.5. The first-order chi connectivity index (χ1) is 13.1. The quantitative estimate of drug-likeness (QED) is 0.316. The molecule has 2 aromatic rings. The Hall–Kier alpha value is -1.80. The summed E-state index contributed by atoms with van der Waals surface area (Å²) in [6.45, 7) is 5.33. The van der Waals surface area contributed by atoms with E-state index in [1.54, 1.807) is 7.11 Å². The van der Waals surface area contributed by atoms with Gasteiger partial charge in [-0.1, -0.05) is 42.5 Å². The van der Waals surface area contributed by atoms with Crippen molar-refractivity contribution < 1.29 is 4.74 Å². The number of hydrogen-bond donors (Lipinski definition) is 2. The molecule has 2 aromatic carbocycles. The maximum atomic E-state index is 5.41. The summed E-state index contributed by atoms with van der Waals surface area (Å²) in [4.78, 5) is 6.87. The maximum absolute atomic E-state index is 5.41. The predicted molar refractivity (Wildman–Crippen MR) is 129 cm³/mol. The molecule has 0 amide bonds. The number of nitrogens with zero attached hydrogens (tertiary/aromatic N) is 2. The molecule has 28 heavy (non-hydrogen) atoms. The number of rotatable bonds is 9. The fourth-order valence-corrected chi connectivity index (χ4v) is 2.85. The normalized spacial score (nSPS) is 11.1. The molecule has 0 aliphatic rings. The molecule has 0 aliphatic heterocycles. The number of nitrogens with one attached hydrogen (secondary N) is 2. The van der Waals surface area contributed by atoms with E-state index in [0.717, 1.165) is 37.8 Å². The predicted octanol–water partition coefficient (Wildman–Crippen LogP) is 3.67. The zero-order valence-electron chi connectivity index (χ0n) is 17.4. The summed E-state index contributed by atoms with van der Waals surface area (Å²) in [6.07, 6.45) is 0.883. The Morgan fingerprint density at radius 2 is 1.68 bits per heavy atom. The van der Waals surface area contributed by atoms with Gasteiger partial charge in [-0.2, -0.15) is 0 Å². The van der Waals surface area contributed by atoms with Crippen molar-refractivity contribution in [3.8, 4) is 5.75 Å². The monoisotopic (exact) mass is 496 g/mol. The van der Waals surface area contributed by atoms with Crippen molar-refractivity contribution in [2.45, 2.75) is 26.4 Å². The number of halogens is 1. The van der Waals surface area contributed by atoms with Crippen LogP contribution in [0.25, 0.3) is 0 Å². The lowest BCUT2D eigenvalue weighted by atomic mass is 10.1. The van der Waals surface area contributed by atoms with Crippen LogP contribution in [0.5, 0.6) is 5.75 Å². The number of para-hydroxylation sites is 1. The van der Waals surface area contributed by atoms with Crippen LogP contribution in [-0.2, 0) is 19.5 Å². The van der Waals surface area contributed by atoms with Gasteiger partial charge in [0.15, 0.2) is 5.96 Å². The Morgan fingerprint density at radius 3 is 2.32 bits per heavy atom. The van der Waals surface area contributed by atoms with Crippen molar-refractivity contribution in [2.75, 3.05) is 34.3 Å². The summed E-state index contributed by atoms with van der Waals surface area (Å²) in [5.74, 6) is 1.77. The lowest BCUT2D eigenvalue weighted by molar-refractivity contribution is 0.402. The molecule has 0 aliphatic carbocycles. The van der Waals surface area contributed by atoms with E-state index in [1.807, 2.05) is 18.2 Å². The third-order valence-electron chi connectivity index (χ3n) is 4.17. The van der Waals surface area contributed by atoms with E-state index < -0.39 is 0 Å². The molecule has 6 heteroatoms. The van der Waals surface area contributed by atoms with E-state index in [1.165, 1.54) is 16.7 Å². The Morgan fingerprint density at radius 1 is 1.00 bits per heavy atom. The molecule has 0 fully saturated rings. The van der Waals surface area contributed by atoms with E-state index >= 15 is 0 Å². The largest absolute Gasteiger partial charge is 0.496 e. The molecule has 2 rings (SSSR count). The average Bonchev–Trinajstić information content (AvgIpc) is 2.67. The minimum absolute atomic E-state index is 0. The smallest absolute Gasteiger partial charge is 0.191 e. The van der Waals surface area contributed by atoms with Gasteiger partial charge < -0.3 is 20.3 Å². The van der Waals surface area contributed by atoms with Crippen molar-refractivity contribution in [1.29, 1.82) is 0 Å². The number of methoxy groups -OCH3 is 1. The summed E-state index contributed by atoms with van der Waals surface area (Å²) in [5.41, 5.74) is 3.72. The van der Waals surface area contributed by atoms with E-state index in [2.05, 4.69) is 66.9 Å². The Kier molecular flexibility index (Phi) is 11.6. The van der Waals surface area contributed by atoms with Gasteiger partial charge in [-0.05, 0) is 50.2 Å². The highest BCUT2D eigenvalue weighted by Gasteiger charge is 2.03. The third-order valence-corrected chi connectivity index (χ3v) is 4.17. The van der Waals surface area contributed by atoms with Crippen LogP contribution in [0.2, 0.25) is 0 Å². The van der Waals surface area contributed by atoms with E-state index in [0.29, 0.717) is 6.54 Å². The van der Waals surface area contributed by atoms with Crippen molar-refractivity contribution in [2.24, 2.45) is 4.99 Å². The summed E-state index contributed by atoms with van der Waals surface area (Å²) in [7, 11) is 5.87. The molecule has 0 unspecified atom stereocenters. The number of hydrogen-bond acceptors (Lipinski definition) is 3. The van der Waals surface area contributed by atoms with Crippen molar-refractivity contribution >= 4 is 29.9 Å². The SMILES string of the molecule is CCNC(=NCc1ccc(CN(C)C)cc1)NCCc1ccccc1OC.I.